The Labute approximate surface area is 142 Å². The molecule has 2 aromatic carbocycles. The molecule has 2 N–H and O–H groups in total. The van der Waals surface area contributed by atoms with Gasteiger partial charge in [0.25, 0.3) is 5.91 Å². The van der Waals surface area contributed by atoms with Gasteiger partial charge in [-0.05, 0) is 42.8 Å². The lowest BCUT2D eigenvalue weighted by Gasteiger charge is -2.13. The molecule has 0 aliphatic carbocycles. The van der Waals surface area contributed by atoms with E-state index in [4.69, 9.17) is 11.6 Å². The normalized spacial score (nSPS) is 12.1. The Balaban J connectivity index is 1.89. The van der Waals surface area contributed by atoms with Crippen LogP contribution in [0.3, 0.4) is 0 Å². The maximum absolute atomic E-state index is 12.0. The van der Waals surface area contributed by atoms with E-state index in [0.29, 0.717) is 5.02 Å². The van der Waals surface area contributed by atoms with Crippen LogP contribution in [0.2, 0.25) is 5.02 Å². The largest absolute Gasteiger partial charge is 0.374 e. The van der Waals surface area contributed by atoms with Crippen molar-refractivity contribution in [3.05, 3.63) is 63.6 Å². The van der Waals surface area contributed by atoms with E-state index in [2.05, 4.69) is 31.8 Å². The fourth-order valence-corrected chi connectivity index (χ4v) is 2.35. The number of hydrogen-bond donors (Lipinski definition) is 2. The Morgan fingerprint density at radius 2 is 2.05 bits per heavy atom. The van der Waals surface area contributed by atoms with Crippen molar-refractivity contribution in [2.24, 2.45) is 5.10 Å². The molecule has 2 aromatic rings. The molecule has 0 bridgehead atoms. The van der Waals surface area contributed by atoms with Gasteiger partial charge in [0.2, 0.25) is 0 Å². The number of nitrogens with zero attached hydrogens (tertiary/aromatic N) is 1. The molecule has 22 heavy (non-hydrogen) atoms. The van der Waals surface area contributed by atoms with Gasteiger partial charge in [-0.15, -0.1) is 0 Å². The summed E-state index contributed by atoms with van der Waals surface area (Å²) in [5.74, 6) is -0.224. The number of nitrogens with one attached hydrogen (secondary N) is 2. The maximum atomic E-state index is 12.0. The van der Waals surface area contributed by atoms with E-state index < -0.39 is 6.04 Å². The van der Waals surface area contributed by atoms with E-state index in [-0.39, 0.29) is 5.91 Å². The molecular weight excluding hydrogens is 366 g/mol. The van der Waals surface area contributed by atoms with Crippen LogP contribution in [0.25, 0.3) is 0 Å². The summed E-state index contributed by atoms with van der Waals surface area (Å²) in [6.45, 7) is 1.77. The van der Waals surface area contributed by atoms with Gasteiger partial charge in [-0.2, -0.15) is 5.10 Å². The smallest absolute Gasteiger partial charge is 0.262 e. The quantitative estimate of drug-likeness (QED) is 0.607. The summed E-state index contributed by atoms with van der Waals surface area (Å²) in [5.41, 5.74) is 4.18. The Bertz CT molecular complexity index is 691. The van der Waals surface area contributed by atoms with E-state index in [0.717, 1.165) is 15.7 Å². The molecule has 0 saturated heterocycles. The number of anilines is 1. The number of amides is 1. The minimum Gasteiger partial charge on any atom is -0.374 e. The van der Waals surface area contributed by atoms with E-state index >= 15 is 0 Å². The third-order valence-corrected chi connectivity index (χ3v) is 3.57. The molecule has 0 aromatic heterocycles. The van der Waals surface area contributed by atoms with Gasteiger partial charge in [-0.25, -0.2) is 5.43 Å². The molecule has 0 saturated carbocycles. The number of hydrogen-bond acceptors (Lipinski definition) is 3. The molecule has 2 rings (SSSR count). The van der Waals surface area contributed by atoms with E-state index in [1.165, 1.54) is 0 Å². The summed E-state index contributed by atoms with van der Waals surface area (Å²) in [4.78, 5) is 12.0. The summed E-state index contributed by atoms with van der Waals surface area (Å²) in [6, 6.07) is 14.4. The summed E-state index contributed by atoms with van der Waals surface area (Å²) in [7, 11) is 0. The number of benzene rings is 2. The van der Waals surface area contributed by atoms with Crippen molar-refractivity contribution in [1.29, 1.82) is 0 Å². The van der Waals surface area contributed by atoms with Crippen LogP contribution in [0.1, 0.15) is 12.5 Å². The highest BCUT2D eigenvalue weighted by Crippen LogP contribution is 2.16. The Hall–Kier alpha value is -1.85. The summed E-state index contributed by atoms with van der Waals surface area (Å²) in [6.07, 6.45) is 1.55. The van der Waals surface area contributed by atoms with Crippen molar-refractivity contribution in [3.63, 3.8) is 0 Å². The molecule has 0 radical (unpaired) electrons. The van der Waals surface area contributed by atoms with Crippen LogP contribution in [0.4, 0.5) is 5.69 Å². The van der Waals surface area contributed by atoms with Crippen LogP contribution in [-0.4, -0.2) is 18.2 Å². The zero-order valence-corrected chi connectivity index (χ0v) is 14.2. The average Bonchev–Trinajstić information content (AvgIpc) is 2.47. The summed E-state index contributed by atoms with van der Waals surface area (Å²) in [5, 5.41) is 7.66. The minimum absolute atomic E-state index is 0.224. The van der Waals surface area contributed by atoms with Gasteiger partial charge in [0, 0.05) is 15.2 Å². The van der Waals surface area contributed by atoms with Gasteiger partial charge >= 0.3 is 0 Å². The van der Waals surface area contributed by atoms with Crippen molar-refractivity contribution >= 4 is 45.3 Å². The summed E-state index contributed by atoms with van der Waals surface area (Å²) >= 11 is 9.26. The molecule has 0 spiro atoms. The fraction of sp³-hybridized carbons (Fsp3) is 0.125. The number of hydrazone groups is 1. The highest BCUT2D eigenvalue weighted by Gasteiger charge is 2.11. The minimum atomic E-state index is -0.411. The monoisotopic (exact) mass is 379 g/mol. The zero-order valence-electron chi connectivity index (χ0n) is 11.9. The second-order valence-electron chi connectivity index (χ2n) is 4.67. The molecule has 1 atom stereocenters. The first-order chi connectivity index (χ1) is 10.5. The molecule has 4 nitrogen and oxygen atoms in total. The average molecular weight is 381 g/mol. The fourth-order valence-electron chi connectivity index (χ4n) is 1.75. The number of carbonyl (C=O) groups excluding carboxylic acids is 1. The lowest BCUT2D eigenvalue weighted by Crippen LogP contribution is -2.34. The van der Waals surface area contributed by atoms with Crippen molar-refractivity contribution in [1.82, 2.24) is 5.43 Å². The molecule has 0 aliphatic rings. The van der Waals surface area contributed by atoms with Gasteiger partial charge in [-0.1, -0.05) is 45.7 Å². The molecule has 6 heteroatoms. The highest BCUT2D eigenvalue weighted by molar-refractivity contribution is 9.10. The van der Waals surface area contributed by atoms with Crippen LogP contribution in [-0.2, 0) is 4.79 Å². The van der Waals surface area contributed by atoms with Gasteiger partial charge < -0.3 is 5.32 Å². The second-order valence-corrected chi connectivity index (χ2v) is 6.02. The molecule has 1 amide bonds. The second kappa shape index (κ2) is 7.96. The topological polar surface area (TPSA) is 53.5 Å². The SMILES string of the molecule is C[C@@H](Nc1cccc(Br)c1)C(=O)N/N=C\c1cccc(Cl)c1. The number of carbonyl (C=O) groups is 1. The van der Waals surface area contributed by atoms with Gasteiger partial charge in [0.1, 0.15) is 6.04 Å². The van der Waals surface area contributed by atoms with Crippen LogP contribution < -0.4 is 10.7 Å². The first-order valence-electron chi connectivity index (χ1n) is 6.65. The van der Waals surface area contributed by atoms with E-state index in [1.54, 1.807) is 25.3 Å². The van der Waals surface area contributed by atoms with Crippen LogP contribution in [0.15, 0.2) is 58.1 Å². The molecule has 0 unspecified atom stereocenters. The Morgan fingerprint density at radius 3 is 2.77 bits per heavy atom. The predicted octanol–water partition coefficient (Wildman–Crippen LogP) is 4.05. The van der Waals surface area contributed by atoms with Crippen molar-refractivity contribution < 1.29 is 4.79 Å². The third kappa shape index (κ3) is 5.16. The lowest BCUT2D eigenvalue weighted by molar-refractivity contribution is -0.121. The molecule has 0 heterocycles. The molecule has 114 valence electrons. The third-order valence-electron chi connectivity index (χ3n) is 2.84. The zero-order chi connectivity index (χ0) is 15.9. The first-order valence-corrected chi connectivity index (χ1v) is 7.82. The van der Waals surface area contributed by atoms with Crippen molar-refractivity contribution in [2.75, 3.05) is 5.32 Å². The van der Waals surface area contributed by atoms with Gasteiger partial charge in [-0.3, -0.25) is 4.79 Å². The van der Waals surface area contributed by atoms with Crippen LogP contribution in [0, 0.1) is 0 Å². The van der Waals surface area contributed by atoms with Crippen LogP contribution >= 0.6 is 27.5 Å². The van der Waals surface area contributed by atoms with Gasteiger partial charge in [0.05, 0.1) is 6.21 Å². The number of rotatable bonds is 5. The van der Waals surface area contributed by atoms with Crippen molar-refractivity contribution in [2.45, 2.75) is 13.0 Å². The standard InChI is InChI=1S/C16H15BrClN3O/c1-11(20-15-7-3-5-13(17)9-15)16(22)21-19-10-12-4-2-6-14(18)8-12/h2-11,20H,1H3,(H,21,22)/b19-10-/t11-/m1/s1. The van der Waals surface area contributed by atoms with Crippen molar-refractivity contribution in [3.8, 4) is 0 Å². The Morgan fingerprint density at radius 1 is 1.27 bits per heavy atom. The van der Waals surface area contributed by atoms with E-state index in [9.17, 15) is 4.79 Å². The molecule has 0 aliphatic heterocycles. The first kappa shape index (κ1) is 16.5. The predicted molar refractivity (Wildman–Crippen MR) is 94.4 cm³/mol. The van der Waals surface area contributed by atoms with Gasteiger partial charge in [0.15, 0.2) is 0 Å². The lowest BCUT2D eigenvalue weighted by atomic mass is 10.2. The van der Waals surface area contributed by atoms with E-state index in [1.807, 2.05) is 36.4 Å². The number of halogens is 2. The highest BCUT2D eigenvalue weighted by atomic mass is 79.9. The maximum Gasteiger partial charge on any atom is 0.262 e. The molecule has 0 fully saturated rings. The summed E-state index contributed by atoms with van der Waals surface area (Å²) < 4.78 is 0.948. The Kier molecular flexibility index (Phi) is 5.98. The van der Waals surface area contributed by atoms with Crippen LogP contribution in [0.5, 0.6) is 0 Å². The molecular formula is C16H15BrClN3O.